The Morgan fingerprint density at radius 3 is 1.90 bits per heavy atom. The van der Waals surface area contributed by atoms with Gasteiger partial charge in [0.25, 0.3) is 0 Å². The van der Waals surface area contributed by atoms with E-state index in [1.807, 2.05) is 0 Å². The summed E-state index contributed by atoms with van der Waals surface area (Å²) >= 11 is 0. The van der Waals surface area contributed by atoms with Crippen LogP contribution >= 0.6 is 0 Å². The van der Waals surface area contributed by atoms with Gasteiger partial charge in [-0.2, -0.15) is 0 Å². The van der Waals surface area contributed by atoms with E-state index >= 15 is 0 Å². The van der Waals surface area contributed by atoms with Gasteiger partial charge in [0.15, 0.2) is 5.82 Å². The standard InChI is InChI=1S/C56H34N4/c1-2-15-38(16-3-1)55-58-50-26-13-24-47-53(50)60(55)51-27-11-9-23-46(51)56(47)45-22-8-6-19-42(45)43-33-32-39(34-48(43)56)54-57-49-25-10-7-20-44(49)52(59-54)37-30-28-36(29-31-37)41-21-12-17-35-14-4-5-18-40(35)41/h1-34H. The molecule has 1 atom stereocenters. The number of rotatable bonds is 4. The van der Waals surface area contributed by atoms with Gasteiger partial charge in [0.2, 0.25) is 0 Å². The maximum atomic E-state index is 5.43. The zero-order chi connectivity index (χ0) is 39.4. The van der Waals surface area contributed by atoms with Crippen molar-refractivity contribution in [2.24, 2.45) is 0 Å². The van der Waals surface area contributed by atoms with E-state index in [0.717, 1.165) is 55.8 Å². The number of hydrogen-bond donors (Lipinski definition) is 0. The maximum absolute atomic E-state index is 5.43. The third kappa shape index (κ3) is 4.53. The van der Waals surface area contributed by atoms with Crippen LogP contribution < -0.4 is 0 Å². The van der Waals surface area contributed by atoms with E-state index in [-0.39, 0.29) is 0 Å². The minimum absolute atomic E-state index is 0.598. The first-order chi connectivity index (χ1) is 29.8. The zero-order valence-corrected chi connectivity index (χ0v) is 32.4. The molecule has 0 radical (unpaired) electrons. The van der Waals surface area contributed by atoms with Gasteiger partial charge in [0.05, 0.1) is 33.3 Å². The molecule has 60 heavy (non-hydrogen) atoms. The Labute approximate surface area is 346 Å². The summed E-state index contributed by atoms with van der Waals surface area (Å²) in [6, 6.07) is 74.2. The van der Waals surface area contributed by atoms with E-state index in [9.17, 15) is 0 Å². The molecule has 2 aromatic heterocycles. The molecule has 0 bridgehead atoms. The molecule has 0 saturated heterocycles. The largest absolute Gasteiger partial charge is 0.292 e. The molecule has 11 aromatic rings. The number of nitrogens with zero attached hydrogens (tertiary/aromatic N) is 4. The van der Waals surface area contributed by atoms with Crippen LogP contribution in [0, 0.1) is 0 Å². The molecule has 2 aliphatic rings. The van der Waals surface area contributed by atoms with E-state index < -0.39 is 5.41 Å². The van der Waals surface area contributed by atoms with Crippen molar-refractivity contribution in [2.45, 2.75) is 5.41 Å². The van der Waals surface area contributed by atoms with E-state index in [1.165, 1.54) is 55.3 Å². The molecule has 0 N–H and O–H groups in total. The lowest BCUT2D eigenvalue weighted by Gasteiger charge is -2.39. The Morgan fingerprint density at radius 2 is 1.00 bits per heavy atom. The van der Waals surface area contributed by atoms with Gasteiger partial charge in [-0.25, -0.2) is 15.0 Å². The van der Waals surface area contributed by atoms with Crippen LogP contribution in [0.3, 0.4) is 0 Å². The third-order valence-corrected chi connectivity index (χ3v) is 12.8. The molecule has 0 amide bonds. The lowest BCUT2D eigenvalue weighted by molar-refractivity contribution is 0.746. The van der Waals surface area contributed by atoms with Crippen molar-refractivity contribution in [2.75, 3.05) is 0 Å². The van der Waals surface area contributed by atoms with Crippen LogP contribution in [0.15, 0.2) is 206 Å². The number of hydrogen-bond acceptors (Lipinski definition) is 3. The summed E-state index contributed by atoms with van der Waals surface area (Å²) in [5, 5.41) is 3.51. The summed E-state index contributed by atoms with van der Waals surface area (Å²) in [7, 11) is 0. The molecular weight excluding hydrogens is 729 g/mol. The lowest BCUT2D eigenvalue weighted by atomic mass is 9.65. The smallest absolute Gasteiger partial charge is 0.160 e. The molecule has 1 spiro atoms. The first kappa shape index (κ1) is 33.1. The summed E-state index contributed by atoms with van der Waals surface area (Å²) in [5.41, 5.74) is 17.5. The number of imidazole rings is 1. The Balaban J connectivity index is 1.02. The normalized spacial score (nSPS) is 14.7. The van der Waals surface area contributed by atoms with Crippen LogP contribution in [-0.2, 0) is 5.41 Å². The molecule has 278 valence electrons. The van der Waals surface area contributed by atoms with Crippen LogP contribution in [0.1, 0.15) is 22.3 Å². The van der Waals surface area contributed by atoms with E-state index in [4.69, 9.17) is 15.0 Å². The minimum Gasteiger partial charge on any atom is -0.292 e. The van der Waals surface area contributed by atoms with Crippen molar-refractivity contribution >= 4 is 32.7 Å². The van der Waals surface area contributed by atoms with Gasteiger partial charge >= 0.3 is 0 Å². The predicted octanol–water partition coefficient (Wildman–Crippen LogP) is 13.5. The van der Waals surface area contributed by atoms with Crippen molar-refractivity contribution in [1.82, 2.24) is 19.5 Å². The van der Waals surface area contributed by atoms with Gasteiger partial charge in [-0.05, 0) is 79.5 Å². The van der Waals surface area contributed by atoms with E-state index in [1.54, 1.807) is 0 Å². The second-order valence-electron chi connectivity index (χ2n) is 15.9. The Bertz CT molecular complexity index is 3540. The SMILES string of the molecule is c1ccc(-c2nc3cccc4c3n2-c2ccccc2C42c3ccccc3-c3ccc(-c4nc(-c5ccc(-c6cccc7ccccc67)cc5)c5ccccc5n4)cc32)cc1. The molecule has 1 aliphatic carbocycles. The fourth-order valence-corrected chi connectivity index (χ4v) is 10.3. The monoisotopic (exact) mass is 762 g/mol. The number of aromatic nitrogens is 4. The van der Waals surface area contributed by atoms with Crippen molar-refractivity contribution < 1.29 is 0 Å². The molecule has 4 nitrogen and oxygen atoms in total. The van der Waals surface area contributed by atoms with Crippen molar-refractivity contribution in [3.8, 4) is 62.0 Å². The summed E-state index contributed by atoms with van der Waals surface area (Å²) in [6.07, 6.45) is 0. The van der Waals surface area contributed by atoms with Crippen LogP contribution in [0.2, 0.25) is 0 Å². The predicted molar refractivity (Wildman–Crippen MR) is 244 cm³/mol. The number of fused-ring (bicyclic) bond motifs is 11. The van der Waals surface area contributed by atoms with Gasteiger partial charge < -0.3 is 0 Å². The van der Waals surface area contributed by atoms with Crippen molar-refractivity contribution in [3.63, 3.8) is 0 Å². The zero-order valence-electron chi connectivity index (χ0n) is 32.4. The molecule has 13 rings (SSSR count). The Morgan fingerprint density at radius 1 is 0.367 bits per heavy atom. The molecule has 1 aliphatic heterocycles. The Kier molecular flexibility index (Phi) is 6.90. The van der Waals surface area contributed by atoms with Gasteiger partial charge in [0, 0.05) is 22.1 Å². The molecule has 9 aromatic carbocycles. The highest BCUT2D eigenvalue weighted by Crippen LogP contribution is 2.61. The highest BCUT2D eigenvalue weighted by molar-refractivity contribution is 6.00. The highest BCUT2D eigenvalue weighted by Gasteiger charge is 2.51. The van der Waals surface area contributed by atoms with Gasteiger partial charge in [-0.15, -0.1) is 0 Å². The molecule has 1 unspecified atom stereocenters. The topological polar surface area (TPSA) is 43.6 Å². The summed E-state index contributed by atoms with van der Waals surface area (Å²) in [6.45, 7) is 0. The fraction of sp³-hybridized carbons (Fsp3) is 0.0179. The summed E-state index contributed by atoms with van der Waals surface area (Å²) < 4.78 is 2.38. The van der Waals surface area contributed by atoms with Crippen LogP contribution in [-0.4, -0.2) is 19.5 Å². The average Bonchev–Trinajstić information content (AvgIpc) is 3.85. The third-order valence-electron chi connectivity index (χ3n) is 12.8. The minimum atomic E-state index is -0.598. The van der Waals surface area contributed by atoms with Crippen LogP contribution in [0.5, 0.6) is 0 Å². The molecular formula is C56H34N4. The maximum Gasteiger partial charge on any atom is 0.160 e. The summed E-state index contributed by atoms with van der Waals surface area (Å²) in [4.78, 5) is 16.0. The van der Waals surface area contributed by atoms with E-state index in [2.05, 4.69) is 211 Å². The number of para-hydroxylation sites is 3. The summed E-state index contributed by atoms with van der Waals surface area (Å²) in [5.74, 6) is 1.65. The van der Waals surface area contributed by atoms with Crippen LogP contribution in [0.4, 0.5) is 0 Å². The van der Waals surface area contributed by atoms with E-state index in [0.29, 0.717) is 5.82 Å². The lowest BCUT2D eigenvalue weighted by Crippen LogP contribution is -2.33. The molecule has 4 heteroatoms. The average molecular weight is 763 g/mol. The first-order valence-electron chi connectivity index (χ1n) is 20.5. The van der Waals surface area contributed by atoms with Gasteiger partial charge in [-0.3, -0.25) is 4.57 Å². The van der Waals surface area contributed by atoms with Gasteiger partial charge in [0.1, 0.15) is 5.82 Å². The van der Waals surface area contributed by atoms with Crippen molar-refractivity contribution in [3.05, 3.63) is 229 Å². The highest BCUT2D eigenvalue weighted by atomic mass is 15.1. The van der Waals surface area contributed by atoms with Crippen LogP contribution in [0.25, 0.3) is 94.7 Å². The quantitative estimate of drug-likeness (QED) is 0.179. The number of benzene rings is 9. The first-order valence-corrected chi connectivity index (χ1v) is 20.5. The molecule has 0 fully saturated rings. The second kappa shape index (κ2) is 12.5. The Hall–Kier alpha value is -7.95. The molecule has 0 saturated carbocycles. The fourth-order valence-electron chi connectivity index (χ4n) is 10.3. The second-order valence-corrected chi connectivity index (χ2v) is 15.9. The molecule has 3 heterocycles. The van der Waals surface area contributed by atoms with Crippen molar-refractivity contribution in [1.29, 1.82) is 0 Å². The van der Waals surface area contributed by atoms with Gasteiger partial charge in [-0.1, -0.05) is 182 Å².